The van der Waals surface area contributed by atoms with Crippen LogP contribution < -0.4 is 4.74 Å². The van der Waals surface area contributed by atoms with Gasteiger partial charge in [-0.3, -0.25) is 14.8 Å². The SMILES string of the molecule is CCC(=O)N1CCC2(CC1)OCc1cc(-c3cnc4cccnc4c3)ccc1O2. The summed E-state index contributed by atoms with van der Waals surface area (Å²) in [4.78, 5) is 22.7. The van der Waals surface area contributed by atoms with E-state index in [0.717, 1.165) is 33.5 Å². The molecule has 0 N–H and O–H groups in total. The Morgan fingerprint density at radius 2 is 1.97 bits per heavy atom. The van der Waals surface area contributed by atoms with Crippen molar-refractivity contribution in [1.82, 2.24) is 14.9 Å². The average Bonchev–Trinajstić information content (AvgIpc) is 2.78. The van der Waals surface area contributed by atoms with Crippen molar-refractivity contribution in [3.05, 3.63) is 54.4 Å². The number of carbonyl (C=O) groups is 1. The zero-order chi connectivity index (χ0) is 19.8. The van der Waals surface area contributed by atoms with Crippen LogP contribution in [0.15, 0.2) is 48.8 Å². The molecular weight excluding hydrogens is 366 g/mol. The molecule has 6 heteroatoms. The number of piperidine rings is 1. The number of pyridine rings is 2. The van der Waals surface area contributed by atoms with Gasteiger partial charge in [0, 0.05) is 55.9 Å². The molecular formula is C23H23N3O3. The molecule has 0 unspecified atom stereocenters. The van der Waals surface area contributed by atoms with E-state index in [2.05, 4.69) is 28.2 Å². The fourth-order valence-electron chi connectivity index (χ4n) is 4.09. The zero-order valence-corrected chi connectivity index (χ0v) is 16.4. The first-order valence-corrected chi connectivity index (χ1v) is 10.1. The van der Waals surface area contributed by atoms with E-state index in [1.807, 2.05) is 36.2 Å². The number of nitrogens with zero attached hydrogens (tertiary/aromatic N) is 3. The van der Waals surface area contributed by atoms with Crippen molar-refractivity contribution in [1.29, 1.82) is 0 Å². The minimum absolute atomic E-state index is 0.194. The molecule has 2 aliphatic rings. The predicted molar refractivity (Wildman–Crippen MR) is 109 cm³/mol. The van der Waals surface area contributed by atoms with Crippen LogP contribution in [0.3, 0.4) is 0 Å². The molecule has 29 heavy (non-hydrogen) atoms. The summed E-state index contributed by atoms with van der Waals surface area (Å²) in [5.74, 6) is 0.439. The highest BCUT2D eigenvalue weighted by atomic mass is 16.7. The summed E-state index contributed by atoms with van der Waals surface area (Å²) in [6, 6.07) is 12.1. The second-order valence-electron chi connectivity index (χ2n) is 7.62. The van der Waals surface area contributed by atoms with Gasteiger partial charge in [0.25, 0.3) is 0 Å². The Hall–Kier alpha value is -2.99. The summed E-state index contributed by atoms with van der Waals surface area (Å²) in [6.07, 6.45) is 5.58. The van der Waals surface area contributed by atoms with Gasteiger partial charge in [-0.25, -0.2) is 0 Å². The molecule has 4 heterocycles. The van der Waals surface area contributed by atoms with E-state index >= 15 is 0 Å². The molecule has 1 aromatic carbocycles. The fourth-order valence-corrected chi connectivity index (χ4v) is 4.09. The van der Waals surface area contributed by atoms with Crippen LogP contribution in [0, 0.1) is 0 Å². The minimum Gasteiger partial charge on any atom is -0.462 e. The van der Waals surface area contributed by atoms with E-state index in [1.54, 1.807) is 6.20 Å². The topological polar surface area (TPSA) is 64.6 Å². The van der Waals surface area contributed by atoms with Crippen LogP contribution in [0.25, 0.3) is 22.2 Å². The molecule has 1 saturated heterocycles. The smallest absolute Gasteiger partial charge is 0.222 e. The number of rotatable bonds is 2. The highest BCUT2D eigenvalue weighted by Crippen LogP contribution is 2.39. The Bertz CT molecular complexity index is 1070. The van der Waals surface area contributed by atoms with E-state index < -0.39 is 5.79 Å². The van der Waals surface area contributed by atoms with E-state index in [1.165, 1.54) is 0 Å². The molecule has 0 aliphatic carbocycles. The third kappa shape index (κ3) is 3.34. The van der Waals surface area contributed by atoms with Gasteiger partial charge in [0.2, 0.25) is 11.7 Å². The van der Waals surface area contributed by atoms with E-state index in [9.17, 15) is 4.79 Å². The van der Waals surface area contributed by atoms with Crippen molar-refractivity contribution < 1.29 is 14.3 Å². The van der Waals surface area contributed by atoms with Gasteiger partial charge < -0.3 is 14.4 Å². The normalized spacial score (nSPS) is 17.8. The molecule has 0 radical (unpaired) electrons. The second kappa shape index (κ2) is 7.12. The number of aromatic nitrogens is 2. The number of benzene rings is 1. The first-order chi connectivity index (χ1) is 14.2. The Morgan fingerprint density at radius 1 is 1.10 bits per heavy atom. The third-order valence-corrected chi connectivity index (χ3v) is 5.81. The zero-order valence-electron chi connectivity index (χ0n) is 16.4. The summed E-state index contributed by atoms with van der Waals surface area (Å²) in [5.41, 5.74) is 4.88. The summed E-state index contributed by atoms with van der Waals surface area (Å²) >= 11 is 0. The largest absolute Gasteiger partial charge is 0.462 e. The number of fused-ring (bicyclic) bond motifs is 2. The van der Waals surface area contributed by atoms with Crippen LogP contribution in [-0.2, 0) is 16.1 Å². The number of hydrogen-bond acceptors (Lipinski definition) is 5. The number of hydrogen-bond donors (Lipinski definition) is 0. The van der Waals surface area contributed by atoms with Gasteiger partial charge in [0.05, 0.1) is 17.6 Å². The molecule has 0 saturated carbocycles. The number of ether oxygens (including phenoxy) is 2. The molecule has 0 bridgehead atoms. The molecule has 2 aromatic heterocycles. The third-order valence-electron chi connectivity index (χ3n) is 5.81. The molecule has 2 aliphatic heterocycles. The van der Waals surface area contributed by atoms with Gasteiger partial charge in [-0.1, -0.05) is 13.0 Å². The molecule has 5 rings (SSSR count). The highest BCUT2D eigenvalue weighted by Gasteiger charge is 2.41. The molecule has 3 aromatic rings. The molecule has 0 atom stereocenters. The maximum absolute atomic E-state index is 11.9. The van der Waals surface area contributed by atoms with Gasteiger partial charge in [0.15, 0.2) is 0 Å². The van der Waals surface area contributed by atoms with Crippen LogP contribution in [0.1, 0.15) is 31.7 Å². The standard InChI is InChI=1S/C23H23N3O3/c1-2-22(27)26-10-7-23(8-11-26)28-15-18-12-16(5-6-21(18)29-23)17-13-20-19(25-14-17)4-3-9-24-20/h3-6,9,12-14H,2,7-8,10-11,15H2,1H3. The van der Waals surface area contributed by atoms with E-state index in [0.29, 0.717) is 39.0 Å². The van der Waals surface area contributed by atoms with Crippen molar-refractivity contribution in [2.75, 3.05) is 13.1 Å². The number of likely N-dealkylation sites (tertiary alicyclic amines) is 1. The lowest BCUT2D eigenvalue weighted by Crippen LogP contribution is -2.52. The lowest BCUT2D eigenvalue weighted by molar-refractivity contribution is -0.227. The van der Waals surface area contributed by atoms with Crippen molar-refractivity contribution in [2.45, 2.75) is 38.6 Å². The first kappa shape index (κ1) is 18.1. The monoisotopic (exact) mass is 389 g/mol. The van der Waals surface area contributed by atoms with Gasteiger partial charge in [0.1, 0.15) is 5.75 Å². The summed E-state index contributed by atoms with van der Waals surface area (Å²) in [7, 11) is 0. The van der Waals surface area contributed by atoms with Crippen LogP contribution in [-0.4, -0.2) is 39.7 Å². The predicted octanol–water partition coefficient (Wildman–Crippen LogP) is 3.93. The van der Waals surface area contributed by atoms with Gasteiger partial charge >= 0.3 is 0 Å². The maximum Gasteiger partial charge on any atom is 0.222 e. The van der Waals surface area contributed by atoms with Gasteiger partial charge in [-0.15, -0.1) is 0 Å². The summed E-state index contributed by atoms with van der Waals surface area (Å²) < 4.78 is 12.5. The van der Waals surface area contributed by atoms with Crippen LogP contribution in [0.2, 0.25) is 0 Å². The summed E-state index contributed by atoms with van der Waals surface area (Å²) in [6.45, 7) is 3.76. The van der Waals surface area contributed by atoms with Crippen molar-refractivity contribution in [3.63, 3.8) is 0 Å². The fraction of sp³-hybridized carbons (Fsp3) is 0.348. The number of carbonyl (C=O) groups excluding carboxylic acids is 1. The Balaban J connectivity index is 1.36. The second-order valence-corrected chi connectivity index (χ2v) is 7.62. The average molecular weight is 389 g/mol. The van der Waals surface area contributed by atoms with Gasteiger partial charge in [-0.2, -0.15) is 0 Å². The number of amides is 1. The molecule has 1 amide bonds. The van der Waals surface area contributed by atoms with Crippen molar-refractivity contribution in [3.8, 4) is 16.9 Å². The van der Waals surface area contributed by atoms with E-state index in [4.69, 9.17) is 9.47 Å². The van der Waals surface area contributed by atoms with Crippen LogP contribution >= 0.6 is 0 Å². The van der Waals surface area contributed by atoms with Crippen LogP contribution in [0.5, 0.6) is 5.75 Å². The summed E-state index contributed by atoms with van der Waals surface area (Å²) in [5, 5.41) is 0. The highest BCUT2D eigenvalue weighted by molar-refractivity contribution is 5.80. The van der Waals surface area contributed by atoms with Crippen molar-refractivity contribution >= 4 is 16.9 Å². The van der Waals surface area contributed by atoms with Crippen molar-refractivity contribution in [2.24, 2.45) is 0 Å². The van der Waals surface area contributed by atoms with Crippen LogP contribution in [0.4, 0.5) is 0 Å². The Morgan fingerprint density at radius 3 is 2.79 bits per heavy atom. The molecule has 148 valence electrons. The molecule has 6 nitrogen and oxygen atoms in total. The Labute approximate surface area is 169 Å². The minimum atomic E-state index is -0.618. The molecule has 1 spiro atoms. The Kier molecular flexibility index (Phi) is 4.43. The van der Waals surface area contributed by atoms with Gasteiger partial charge in [-0.05, 0) is 35.9 Å². The maximum atomic E-state index is 11.9. The quantitative estimate of drug-likeness (QED) is 0.664. The first-order valence-electron chi connectivity index (χ1n) is 10.1. The lowest BCUT2D eigenvalue weighted by atomic mass is 9.99. The lowest BCUT2D eigenvalue weighted by Gasteiger charge is -2.44. The molecule has 1 fully saturated rings. The van der Waals surface area contributed by atoms with E-state index in [-0.39, 0.29) is 5.91 Å².